The van der Waals surface area contributed by atoms with E-state index < -0.39 is 23.2 Å². The lowest BCUT2D eigenvalue weighted by Gasteiger charge is -2.24. The van der Waals surface area contributed by atoms with Crippen LogP contribution in [0.2, 0.25) is 0 Å². The number of ether oxygens (including phenoxy) is 1. The van der Waals surface area contributed by atoms with Crippen molar-refractivity contribution < 1.29 is 19.3 Å². The summed E-state index contributed by atoms with van der Waals surface area (Å²) >= 11 is 0. The molecule has 3 rings (SSSR count). The van der Waals surface area contributed by atoms with E-state index >= 15 is 0 Å². The first kappa shape index (κ1) is 15.9. The number of benzene rings is 2. The van der Waals surface area contributed by atoms with Gasteiger partial charge in [-0.1, -0.05) is 30.3 Å². The molecular formula is C17H16N2O5. The van der Waals surface area contributed by atoms with Crippen molar-refractivity contribution in [3.05, 3.63) is 70.3 Å². The van der Waals surface area contributed by atoms with Crippen molar-refractivity contribution in [1.29, 1.82) is 0 Å². The summed E-state index contributed by atoms with van der Waals surface area (Å²) in [6, 6.07) is 15.3. The van der Waals surface area contributed by atoms with Gasteiger partial charge in [-0.25, -0.2) is 9.90 Å². The number of carbonyl (C=O) groups is 1. The number of nitro benzene ring substituents is 1. The highest BCUT2D eigenvalue weighted by molar-refractivity contribution is 5.66. The summed E-state index contributed by atoms with van der Waals surface area (Å²) in [7, 11) is 0. The molecule has 0 radical (unpaired) electrons. The van der Waals surface area contributed by atoms with E-state index in [1.165, 1.54) is 13.0 Å². The van der Waals surface area contributed by atoms with Gasteiger partial charge < -0.3 is 4.74 Å². The minimum atomic E-state index is -0.785. The molecule has 0 bridgehead atoms. The molecule has 0 amide bonds. The SMILES string of the molecule is CC(=O)O[C@H]1C[C@H](c2ccccc2[N+](=O)[O-])N(c2ccccc2)O1. The average molecular weight is 328 g/mol. The molecule has 0 N–H and O–H groups in total. The second-order valence-corrected chi connectivity index (χ2v) is 5.37. The summed E-state index contributed by atoms with van der Waals surface area (Å²) in [5.74, 6) is -0.462. The minimum absolute atomic E-state index is 0.00973. The van der Waals surface area contributed by atoms with Crippen LogP contribution in [-0.2, 0) is 14.4 Å². The predicted molar refractivity (Wildman–Crippen MR) is 86.0 cm³/mol. The van der Waals surface area contributed by atoms with Crippen molar-refractivity contribution in [2.24, 2.45) is 0 Å². The lowest BCUT2D eigenvalue weighted by atomic mass is 10.0. The summed E-state index contributed by atoms with van der Waals surface area (Å²) in [6.07, 6.45) is -0.480. The molecule has 1 saturated heterocycles. The highest BCUT2D eigenvalue weighted by atomic mass is 16.8. The molecule has 0 saturated carbocycles. The van der Waals surface area contributed by atoms with Crippen molar-refractivity contribution in [2.45, 2.75) is 25.7 Å². The molecular weight excluding hydrogens is 312 g/mol. The number of nitrogens with zero attached hydrogens (tertiary/aromatic N) is 2. The van der Waals surface area contributed by atoms with Crippen LogP contribution in [0.25, 0.3) is 0 Å². The Kier molecular flexibility index (Phi) is 4.43. The minimum Gasteiger partial charge on any atom is -0.434 e. The van der Waals surface area contributed by atoms with E-state index in [9.17, 15) is 14.9 Å². The third kappa shape index (κ3) is 3.21. The Balaban J connectivity index is 1.99. The van der Waals surface area contributed by atoms with Crippen molar-refractivity contribution in [3.8, 4) is 0 Å². The highest BCUT2D eigenvalue weighted by Crippen LogP contribution is 2.41. The Morgan fingerprint density at radius 2 is 1.88 bits per heavy atom. The van der Waals surface area contributed by atoms with Crippen molar-refractivity contribution in [3.63, 3.8) is 0 Å². The van der Waals surface area contributed by atoms with Crippen LogP contribution in [0.4, 0.5) is 11.4 Å². The van der Waals surface area contributed by atoms with E-state index in [1.807, 2.05) is 30.3 Å². The van der Waals surface area contributed by atoms with Crippen LogP contribution >= 0.6 is 0 Å². The van der Waals surface area contributed by atoms with E-state index in [-0.39, 0.29) is 5.69 Å². The standard InChI is InChI=1S/C17H16N2O5/c1-12(20)23-17-11-16(14-9-5-6-10-15(14)19(21)22)18(24-17)13-7-3-2-4-8-13/h2-10,16-17H,11H2,1H3/t16-,17-/m1/s1. The van der Waals surface area contributed by atoms with Gasteiger partial charge in [0.2, 0.25) is 6.29 Å². The van der Waals surface area contributed by atoms with Gasteiger partial charge in [0.15, 0.2) is 0 Å². The molecule has 1 fully saturated rings. The number of para-hydroxylation sites is 2. The molecule has 1 aliphatic heterocycles. The Morgan fingerprint density at radius 3 is 2.54 bits per heavy atom. The first-order valence-corrected chi connectivity index (χ1v) is 7.48. The fourth-order valence-corrected chi connectivity index (χ4v) is 2.78. The van der Waals surface area contributed by atoms with Gasteiger partial charge in [-0.15, -0.1) is 0 Å². The lowest BCUT2D eigenvalue weighted by molar-refractivity contribution is -0.385. The third-order valence-electron chi connectivity index (χ3n) is 3.73. The second-order valence-electron chi connectivity index (χ2n) is 5.37. The highest BCUT2D eigenvalue weighted by Gasteiger charge is 2.39. The molecule has 2 atom stereocenters. The molecule has 7 nitrogen and oxygen atoms in total. The van der Waals surface area contributed by atoms with Crippen molar-refractivity contribution in [1.82, 2.24) is 0 Å². The van der Waals surface area contributed by atoms with Crippen molar-refractivity contribution >= 4 is 17.3 Å². The second kappa shape index (κ2) is 6.67. The zero-order chi connectivity index (χ0) is 17.1. The summed E-state index contributed by atoms with van der Waals surface area (Å²) in [6.45, 7) is 1.30. The average Bonchev–Trinajstić information content (AvgIpc) is 2.98. The molecule has 124 valence electrons. The monoisotopic (exact) mass is 328 g/mol. The van der Waals surface area contributed by atoms with Crippen LogP contribution in [0.15, 0.2) is 54.6 Å². The topological polar surface area (TPSA) is 81.9 Å². The van der Waals surface area contributed by atoms with Gasteiger partial charge >= 0.3 is 5.97 Å². The number of hydroxylamine groups is 1. The first-order valence-electron chi connectivity index (χ1n) is 7.48. The number of esters is 1. The van der Waals surface area contributed by atoms with Gasteiger partial charge in [0.05, 0.1) is 22.2 Å². The maximum Gasteiger partial charge on any atom is 0.305 e. The fraction of sp³-hybridized carbons (Fsp3) is 0.235. The Hall–Kier alpha value is -2.93. The zero-order valence-electron chi connectivity index (χ0n) is 13.0. The lowest BCUT2D eigenvalue weighted by Crippen LogP contribution is -2.23. The van der Waals surface area contributed by atoms with Gasteiger partial charge in [0.25, 0.3) is 5.69 Å². The van der Waals surface area contributed by atoms with E-state index in [0.29, 0.717) is 12.0 Å². The van der Waals surface area contributed by atoms with E-state index in [4.69, 9.17) is 9.57 Å². The van der Waals surface area contributed by atoms with Crippen LogP contribution < -0.4 is 5.06 Å². The normalized spacial score (nSPS) is 20.0. The number of rotatable bonds is 4. The Morgan fingerprint density at radius 1 is 1.21 bits per heavy atom. The van der Waals surface area contributed by atoms with Gasteiger partial charge in [0, 0.05) is 19.4 Å². The smallest absolute Gasteiger partial charge is 0.305 e. The molecule has 7 heteroatoms. The molecule has 2 aromatic rings. The van der Waals surface area contributed by atoms with Crippen molar-refractivity contribution in [2.75, 3.05) is 5.06 Å². The summed E-state index contributed by atoms with van der Waals surface area (Å²) in [4.78, 5) is 27.9. The molecule has 0 aliphatic carbocycles. The predicted octanol–water partition coefficient (Wildman–Crippen LogP) is 3.37. The molecule has 0 spiro atoms. The van der Waals surface area contributed by atoms with E-state index in [2.05, 4.69) is 0 Å². The van der Waals surface area contributed by atoms with E-state index in [0.717, 1.165) is 5.69 Å². The number of carbonyl (C=O) groups excluding carboxylic acids is 1. The Labute approximate surface area is 138 Å². The van der Waals surface area contributed by atoms with Crippen LogP contribution in [0, 0.1) is 10.1 Å². The largest absolute Gasteiger partial charge is 0.434 e. The van der Waals surface area contributed by atoms with E-state index in [1.54, 1.807) is 23.3 Å². The van der Waals surface area contributed by atoms with Gasteiger partial charge in [-0.05, 0) is 18.2 Å². The first-order chi connectivity index (χ1) is 11.6. The molecule has 0 unspecified atom stereocenters. The molecule has 1 aliphatic rings. The number of anilines is 1. The van der Waals surface area contributed by atoms with Crippen LogP contribution in [0.5, 0.6) is 0 Å². The van der Waals surface area contributed by atoms with Crippen LogP contribution in [-0.4, -0.2) is 17.2 Å². The Bertz CT molecular complexity index is 750. The molecule has 2 aromatic carbocycles. The van der Waals surface area contributed by atoms with Gasteiger partial charge in [-0.3, -0.25) is 14.9 Å². The fourth-order valence-electron chi connectivity index (χ4n) is 2.78. The summed E-state index contributed by atoms with van der Waals surface area (Å²) in [5.41, 5.74) is 1.26. The molecule has 0 aromatic heterocycles. The molecule has 24 heavy (non-hydrogen) atoms. The maximum atomic E-state index is 11.3. The molecule has 1 heterocycles. The quantitative estimate of drug-likeness (QED) is 0.486. The zero-order valence-corrected chi connectivity index (χ0v) is 13.0. The number of hydrogen-bond donors (Lipinski definition) is 0. The van der Waals surface area contributed by atoms with Crippen LogP contribution in [0.1, 0.15) is 24.9 Å². The van der Waals surface area contributed by atoms with Crippen LogP contribution in [0.3, 0.4) is 0 Å². The summed E-state index contributed by atoms with van der Waals surface area (Å²) in [5, 5.41) is 12.9. The van der Waals surface area contributed by atoms with Gasteiger partial charge in [0.1, 0.15) is 0 Å². The summed E-state index contributed by atoms with van der Waals surface area (Å²) < 4.78 is 5.14. The maximum absolute atomic E-state index is 11.3. The van der Waals surface area contributed by atoms with Gasteiger partial charge in [-0.2, -0.15) is 0 Å². The number of nitro groups is 1. The third-order valence-corrected chi connectivity index (χ3v) is 3.73. The number of hydrogen-bond acceptors (Lipinski definition) is 6.